The first kappa shape index (κ1) is 18.4. The van der Waals surface area contributed by atoms with Crippen LogP contribution in [0.3, 0.4) is 0 Å². The third-order valence-corrected chi connectivity index (χ3v) is 5.95. The summed E-state index contributed by atoms with van der Waals surface area (Å²) >= 11 is 1.62. The van der Waals surface area contributed by atoms with E-state index in [9.17, 15) is 8.42 Å². The fourth-order valence-corrected chi connectivity index (χ4v) is 4.54. The topological polar surface area (TPSA) is 111 Å². The molecule has 0 fully saturated rings. The molecule has 142 valence electrons. The van der Waals surface area contributed by atoms with E-state index in [1.807, 2.05) is 48.5 Å². The van der Waals surface area contributed by atoms with Crippen LogP contribution in [0, 0.1) is 0 Å². The lowest BCUT2D eigenvalue weighted by Gasteiger charge is -2.08. The number of benzene rings is 2. The van der Waals surface area contributed by atoms with Crippen molar-refractivity contribution in [3.63, 3.8) is 0 Å². The van der Waals surface area contributed by atoms with Gasteiger partial charge in [-0.1, -0.05) is 36.4 Å². The molecule has 8 heteroatoms. The average Bonchev–Trinajstić information content (AvgIpc) is 3.14. The lowest BCUT2D eigenvalue weighted by Crippen LogP contribution is -2.09. The van der Waals surface area contributed by atoms with Gasteiger partial charge >= 0.3 is 0 Å². The predicted octanol–water partition coefficient (Wildman–Crippen LogP) is 3.41. The molecule has 5 N–H and O–H groups in total. The highest BCUT2D eigenvalue weighted by atomic mass is 32.2. The number of pyridine rings is 1. The molecule has 0 aliphatic rings. The SMILES string of the molecule is Nc1ccc(-c2csc3c(-c4ccc(CN[SH](=O)=O)cc4)cnc(N)c23)cc1. The Morgan fingerprint density at radius 3 is 2.25 bits per heavy atom. The van der Waals surface area contributed by atoms with E-state index in [0.29, 0.717) is 11.5 Å². The summed E-state index contributed by atoms with van der Waals surface area (Å²) in [6, 6.07) is 15.4. The number of nitrogens with two attached hydrogens (primary N) is 2. The number of hydrogen-bond acceptors (Lipinski definition) is 6. The summed E-state index contributed by atoms with van der Waals surface area (Å²) in [5, 5.41) is 3.02. The van der Waals surface area contributed by atoms with E-state index in [0.717, 1.165) is 37.9 Å². The number of thiophene rings is 1. The maximum atomic E-state index is 10.7. The summed E-state index contributed by atoms with van der Waals surface area (Å²) in [6.07, 6.45) is 1.78. The number of thiol groups is 1. The largest absolute Gasteiger partial charge is 0.399 e. The summed E-state index contributed by atoms with van der Waals surface area (Å²) in [6.45, 7) is 0.272. The van der Waals surface area contributed by atoms with Crippen LogP contribution in [0.2, 0.25) is 0 Å². The standard InChI is InChI=1S/C20H18N4O2S2/c21-15-7-5-14(6-8-15)17-11-27-19-16(10-23-20(22)18(17)19)13-3-1-12(2-4-13)9-24-28(25)26/h1-8,10-11,28H,9,21H2,(H2,22,23)(H,24,25,26). The van der Waals surface area contributed by atoms with Crippen molar-refractivity contribution in [3.05, 3.63) is 65.7 Å². The van der Waals surface area contributed by atoms with Crippen molar-refractivity contribution in [1.82, 2.24) is 9.71 Å². The Labute approximate surface area is 167 Å². The second kappa shape index (κ2) is 7.59. The predicted molar refractivity (Wildman–Crippen MR) is 116 cm³/mol. The molecule has 0 bridgehead atoms. The van der Waals surface area contributed by atoms with Crippen molar-refractivity contribution >= 4 is 43.8 Å². The molecule has 0 spiro atoms. The number of fused-ring (bicyclic) bond motifs is 1. The molecule has 28 heavy (non-hydrogen) atoms. The molecule has 2 heterocycles. The maximum absolute atomic E-state index is 10.7. The van der Waals surface area contributed by atoms with Gasteiger partial charge in [-0.3, -0.25) is 0 Å². The number of anilines is 2. The molecule has 4 aromatic rings. The third-order valence-electron chi connectivity index (χ3n) is 4.52. The Balaban J connectivity index is 1.77. The molecule has 4 rings (SSSR count). The van der Waals surface area contributed by atoms with Gasteiger partial charge in [0.2, 0.25) is 10.9 Å². The Bertz CT molecular complexity index is 1210. The van der Waals surface area contributed by atoms with E-state index in [-0.39, 0.29) is 6.54 Å². The second-order valence-electron chi connectivity index (χ2n) is 6.32. The molecule has 0 saturated carbocycles. The number of nitrogens with one attached hydrogen (secondary N) is 1. The molecule has 0 aliphatic heterocycles. The lowest BCUT2D eigenvalue weighted by atomic mass is 10.0. The zero-order valence-electron chi connectivity index (χ0n) is 14.8. The maximum Gasteiger partial charge on any atom is 0.201 e. The van der Waals surface area contributed by atoms with Gasteiger partial charge < -0.3 is 11.5 Å². The minimum absolute atomic E-state index is 0.272. The molecule has 0 aliphatic carbocycles. The van der Waals surface area contributed by atoms with Crippen molar-refractivity contribution < 1.29 is 8.42 Å². The van der Waals surface area contributed by atoms with E-state index in [1.54, 1.807) is 17.5 Å². The van der Waals surface area contributed by atoms with Gasteiger partial charge in [-0.05, 0) is 34.2 Å². The van der Waals surface area contributed by atoms with E-state index in [1.165, 1.54) is 0 Å². The van der Waals surface area contributed by atoms with E-state index >= 15 is 0 Å². The van der Waals surface area contributed by atoms with Crippen LogP contribution in [-0.4, -0.2) is 13.4 Å². The first-order valence-electron chi connectivity index (χ1n) is 8.51. The zero-order valence-corrected chi connectivity index (χ0v) is 16.5. The Hall–Kier alpha value is -2.94. The fraction of sp³-hybridized carbons (Fsp3) is 0.0500. The quantitative estimate of drug-likeness (QED) is 0.298. The summed E-state index contributed by atoms with van der Waals surface area (Å²) in [5.41, 5.74) is 17.7. The van der Waals surface area contributed by atoms with Crippen molar-refractivity contribution in [2.75, 3.05) is 11.5 Å². The highest BCUT2D eigenvalue weighted by Crippen LogP contribution is 2.41. The molecule has 2 aromatic carbocycles. The summed E-state index contributed by atoms with van der Waals surface area (Å²) in [4.78, 5) is 4.41. The summed E-state index contributed by atoms with van der Waals surface area (Å²) < 4.78 is 24.8. The van der Waals surface area contributed by atoms with Crippen LogP contribution in [0.1, 0.15) is 5.56 Å². The third kappa shape index (κ3) is 3.57. The van der Waals surface area contributed by atoms with E-state index in [4.69, 9.17) is 11.5 Å². The first-order chi connectivity index (χ1) is 13.5. The monoisotopic (exact) mass is 410 g/mol. The summed E-state index contributed by atoms with van der Waals surface area (Å²) in [5.74, 6) is 0.492. The Morgan fingerprint density at radius 1 is 0.929 bits per heavy atom. The number of hydrogen-bond donors (Lipinski definition) is 4. The molecule has 2 aromatic heterocycles. The minimum Gasteiger partial charge on any atom is -0.399 e. The highest BCUT2D eigenvalue weighted by molar-refractivity contribution is 7.70. The molecule has 0 amide bonds. The number of aromatic nitrogens is 1. The van der Waals surface area contributed by atoms with Crippen molar-refractivity contribution in [3.8, 4) is 22.3 Å². The van der Waals surface area contributed by atoms with Crippen LogP contribution in [0.5, 0.6) is 0 Å². The highest BCUT2D eigenvalue weighted by Gasteiger charge is 2.15. The van der Waals surface area contributed by atoms with Gasteiger partial charge in [-0.25, -0.2) is 18.1 Å². The first-order valence-corrected chi connectivity index (χ1v) is 10.6. The minimum atomic E-state index is -2.60. The van der Waals surface area contributed by atoms with Gasteiger partial charge in [-0.15, -0.1) is 11.3 Å². The lowest BCUT2D eigenvalue weighted by molar-refractivity contribution is 0.601. The van der Waals surface area contributed by atoms with Crippen LogP contribution >= 0.6 is 11.3 Å². The average molecular weight is 411 g/mol. The van der Waals surface area contributed by atoms with Gasteiger partial charge in [0.05, 0.1) is 0 Å². The van der Waals surface area contributed by atoms with Crippen LogP contribution in [0.15, 0.2) is 60.1 Å². The Kier molecular flexibility index (Phi) is 4.99. The van der Waals surface area contributed by atoms with Crippen LogP contribution < -0.4 is 16.2 Å². The van der Waals surface area contributed by atoms with Crippen molar-refractivity contribution in [1.29, 1.82) is 0 Å². The molecular weight excluding hydrogens is 392 g/mol. The second-order valence-corrected chi connectivity index (χ2v) is 8.03. The number of nitrogen functional groups attached to an aromatic ring is 2. The van der Waals surface area contributed by atoms with Gasteiger partial charge in [-0.2, -0.15) is 0 Å². The van der Waals surface area contributed by atoms with Crippen molar-refractivity contribution in [2.45, 2.75) is 6.54 Å². The van der Waals surface area contributed by atoms with Crippen LogP contribution in [-0.2, 0) is 17.4 Å². The van der Waals surface area contributed by atoms with E-state index in [2.05, 4.69) is 15.1 Å². The van der Waals surface area contributed by atoms with Gasteiger partial charge in [0.25, 0.3) is 0 Å². The Morgan fingerprint density at radius 2 is 1.57 bits per heavy atom. The van der Waals surface area contributed by atoms with Gasteiger partial charge in [0.1, 0.15) is 5.82 Å². The molecule has 0 unspecified atom stereocenters. The van der Waals surface area contributed by atoms with Gasteiger partial charge in [0, 0.05) is 39.6 Å². The summed E-state index contributed by atoms with van der Waals surface area (Å²) in [7, 11) is -2.60. The van der Waals surface area contributed by atoms with Crippen LogP contribution in [0.4, 0.5) is 11.5 Å². The molecule has 0 saturated heterocycles. The van der Waals surface area contributed by atoms with Crippen LogP contribution in [0.25, 0.3) is 32.3 Å². The van der Waals surface area contributed by atoms with E-state index < -0.39 is 10.9 Å². The number of nitrogens with zero attached hydrogens (tertiary/aromatic N) is 1. The zero-order chi connectivity index (χ0) is 19.7. The smallest absolute Gasteiger partial charge is 0.201 e. The fourth-order valence-electron chi connectivity index (χ4n) is 3.11. The molecule has 0 atom stereocenters. The molecule has 6 nitrogen and oxygen atoms in total. The number of rotatable bonds is 5. The molecule has 0 radical (unpaired) electrons. The van der Waals surface area contributed by atoms with Crippen molar-refractivity contribution in [2.24, 2.45) is 0 Å². The normalized spacial score (nSPS) is 11.3. The molecular formula is C20H18N4O2S2. The van der Waals surface area contributed by atoms with Gasteiger partial charge in [0.15, 0.2) is 0 Å².